The summed E-state index contributed by atoms with van der Waals surface area (Å²) >= 11 is 0. The van der Waals surface area contributed by atoms with E-state index in [2.05, 4.69) is 20.4 Å². The van der Waals surface area contributed by atoms with Crippen molar-refractivity contribution in [2.75, 3.05) is 26.6 Å². The number of benzene rings is 2. The van der Waals surface area contributed by atoms with Gasteiger partial charge < -0.3 is 19.5 Å². The zero-order chi connectivity index (χ0) is 22.9. The average molecular weight is 445 g/mol. The highest BCUT2D eigenvalue weighted by Gasteiger charge is 2.30. The van der Waals surface area contributed by atoms with Crippen LogP contribution in [0.25, 0.3) is 17.0 Å². The Hall–Kier alpha value is -4.02. The first kappa shape index (κ1) is 21.2. The van der Waals surface area contributed by atoms with Crippen molar-refractivity contribution in [1.29, 1.82) is 0 Å². The number of ether oxygens (including phenoxy) is 3. The van der Waals surface area contributed by atoms with Crippen molar-refractivity contribution in [2.24, 2.45) is 0 Å². The van der Waals surface area contributed by atoms with Crippen LogP contribution in [-0.2, 0) is 6.18 Å². The van der Waals surface area contributed by atoms with E-state index in [-0.39, 0.29) is 5.95 Å². The van der Waals surface area contributed by atoms with Crippen molar-refractivity contribution in [1.82, 2.24) is 19.6 Å². The predicted molar refractivity (Wildman–Crippen MR) is 111 cm³/mol. The van der Waals surface area contributed by atoms with Gasteiger partial charge in [0.05, 0.1) is 32.6 Å². The number of nitrogens with zero attached hydrogens (tertiary/aromatic N) is 4. The first-order chi connectivity index (χ1) is 15.3. The van der Waals surface area contributed by atoms with Crippen LogP contribution in [0.2, 0.25) is 0 Å². The Balaban J connectivity index is 1.72. The molecule has 0 saturated carbocycles. The molecule has 0 radical (unpaired) electrons. The topological polar surface area (TPSA) is 82.8 Å². The van der Waals surface area contributed by atoms with Crippen molar-refractivity contribution in [3.63, 3.8) is 0 Å². The fraction of sp³-hybridized carbons (Fsp3) is 0.190. The van der Waals surface area contributed by atoms with Crippen LogP contribution in [0, 0.1) is 0 Å². The van der Waals surface area contributed by atoms with Crippen LogP contribution in [0.4, 0.5) is 24.8 Å². The molecule has 0 aliphatic heterocycles. The monoisotopic (exact) mass is 445 g/mol. The molecule has 0 fully saturated rings. The molecular formula is C21H18F3N5O3. The Morgan fingerprint density at radius 2 is 1.56 bits per heavy atom. The lowest BCUT2D eigenvalue weighted by atomic mass is 10.1. The second kappa shape index (κ2) is 8.25. The van der Waals surface area contributed by atoms with E-state index in [0.29, 0.717) is 40.0 Å². The van der Waals surface area contributed by atoms with Gasteiger partial charge in [-0.15, -0.1) is 5.10 Å². The zero-order valence-corrected chi connectivity index (χ0v) is 17.3. The van der Waals surface area contributed by atoms with Gasteiger partial charge >= 0.3 is 6.18 Å². The van der Waals surface area contributed by atoms with Gasteiger partial charge in [0.1, 0.15) is 0 Å². The molecule has 2 heterocycles. The van der Waals surface area contributed by atoms with E-state index in [9.17, 15) is 13.2 Å². The molecule has 0 spiro atoms. The lowest BCUT2D eigenvalue weighted by Crippen LogP contribution is -2.04. The third kappa shape index (κ3) is 3.96. The molecule has 4 rings (SSSR count). The van der Waals surface area contributed by atoms with Crippen LogP contribution >= 0.6 is 0 Å². The van der Waals surface area contributed by atoms with Gasteiger partial charge in [0.25, 0.3) is 5.78 Å². The molecule has 2 aromatic carbocycles. The molecule has 8 nitrogen and oxygen atoms in total. The minimum Gasteiger partial charge on any atom is -0.493 e. The molecule has 0 aliphatic carbocycles. The minimum atomic E-state index is -4.40. The third-order valence-electron chi connectivity index (χ3n) is 4.67. The molecule has 0 atom stereocenters. The summed E-state index contributed by atoms with van der Waals surface area (Å²) in [5.74, 6) is 1.86. The predicted octanol–water partition coefficient (Wildman–Crippen LogP) is 4.58. The van der Waals surface area contributed by atoms with Gasteiger partial charge in [-0.05, 0) is 42.5 Å². The number of anilines is 2. The summed E-state index contributed by atoms with van der Waals surface area (Å²) in [6.45, 7) is 0. The van der Waals surface area contributed by atoms with Gasteiger partial charge in [0.2, 0.25) is 11.7 Å². The van der Waals surface area contributed by atoms with Gasteiger partial charge in [0.15, 0.2) is 11.5 Å². The molecule has 0 amide bonds. The maximum absolute atomic E-state index is 12.8. The maximum atomic E-state index is 12.8. The highest BCUT2D eigenvalue weighted by Crippen LogP contribution is 2.41. The van der Waals surface area contributed by atoms with Crippen molar-refractivity contribution in [3.8, 4) is 28.5 Å². The second-order valence-corrected chi connectivity index (χ2v) is 6.59. The van der Waals surface area contributed by atoms with Gasteiger partial charge in [-0.2, -0.15) is 22.7 Å². The number of hydrogen-bond acceptors (Lipinski definition) is 7. The molecule has 0 bridgehead atoms. The smallest absolute Gasteiger partial charge is 0.416 e. The fourth-order valence-electron chi connectivity index (χ4n) is 3.17. The van der Waals surface area contributed by atoms with Crippen LogP contribution in [0.5, 0.6) is 17.2 Å². The molecule has 1 N–H and O–H groups in total. The van der Waals surface area contributed by atoms with E-state index in [4.69, 9.17) is 14.2 Å². The van der Waals surface area contributed by atoms with E-state index in [1.165, 1.54) is 38.0 Å². The molecule has 4 aromatic rings. The lowest BCUT2D eigenvalue weighted by Gasteiger charge is -2.14. The van der Waals surface area contributed by atoms with E-state index in [1.54, 1.807) is 24.4 Å². The Bertz CT molecular complexity index is 1230. The van der Waals surface area contributed by atoms with Crippen molar-refractivity contribution in [3.05, 3.63) is 54.2 Å². The first-order valence-corrected chi connectivity index (χ1v) is 9.30. The molecule has 0 saturated heterocycles. The molecule has 11 heteroatoms. The number of aromatic nitrogens is 4. The summed E-state index contributed by atoms with van der Waals surface area (Å²) in [7, 11) is 4.55. The number of hydrogen-bond donors (Lipinski definition) is 1. The van der Waals surface area contributed by atoms with Crippen LogP contribution < -0.4 is 19.5 Å². The molecule has 2 aromatic heterocycles. The molecule has 166 valence electrons. The van der Waals surface area contributed by atoms with E-state index in [0.717, 1.165) is 12.1 Å². The van der Waals surface area contributed by atoms with Crippen molar-refractivity contribution >= 4 is 17.4 Å². The summed E-state index contributed by atoms with van der Waals surface area (Å²) in [6, 6.07) is 9.85. The van der Waals surface area contributed by atoms with Gasteiger partial charge in [0, 0.05) is 17.4 Å². The van der Waals surface area contributed by atoms with Crippen LogP contribution in [0.15, 0.2) is 48.7 Å². The van der Waals surface area contributed by atoms with Crippen molar-refractivity contribution in [2.45, 2.75) is 6.18 Å². The van der Waals surface area contributed by atoms with Crippen LogP contribution in [0.1, 0.15) is 5.56 Å². The SMILES string of the molecule is COc1cc(-c2ccnc3nc(Nc4ccc(C(F)(F)F)cc4)nn23)cc(OC)c1OC. The Morgan fingerprint density at radius 1 is 0.906 bits per heavy atom. The number of fused-ring (bicyclic) bond motifs is 1. The number of rotatable bonds is 6. The summed E-state index contributed by atoms with van der Waals surface area (Å²) in [6.07, 6.45) is -2.83. The zero-order valence-electron chi connectivity index (χ0n) is 17.3. The molecule has 0 aliphatic rings. The quantitative estimate of drug-likeness (QED) is 0.465. The second-order valence-electron chi connectivity index (χ2n) is 6.59. The molecule has 32 heavy (non-hydrogen) atoms. The number of nitrogens with one attached hydrogen (secondary N) is 1. The standard InChI is InChI=1S/C21H18F3N5O3/c1-30-16-10-12(11-17(31-2)18(16)32-3)15-8-9-25-20-27-19(28-29(15)20)26-14-6-4-13(5-7-14)21(22,23)24/h4-11H,1-3H3,(H,26,28). The van der Waals surface area contributed by atoms with E-state index < -0.39 is 11.7 Å². The van der Waals surface area contributed by atoms with Crippen LogP contribution in [0.3, 0.4) is 0 Å². The maximum Gasteiger partial charge on any atom is 0.416 e. The van der Waals surface area contributed by atoms with E-state index >= 15 is 0 Å². The average Bonchev–Trinajstić information content (AvgIpc) is 3.20. The summed E-state index contributed by atoms with van der Waals surface area (Å²) in [5, 5.41) is 7.30. The van der Waals surface area contributed by atoms with Crippen molar-refractivity contribution < 1.29 is 27.4 Å². The Kier molecular flexibility index (Phi) is 5.47. The van der Waals surface area contributed by atoms with E-state index in [1.807, 2.05) is 0 Å². The minimum absolute atomic E-state index is 0.178. The summed E-state index contributed by atoms with van der Waals surface area (Å²) < 4.78 is 56.0. The normalized spacial score (nSPS) is 11.4. The number of halogens is 3. The molecular weight excluding hydrogens is 427 g/mol. The summed E-state index contributed by atoms with van der Waals surface area (Å²) in [5.41, 5.74) is 1.01. The van der Waals surface area contributed by atoms with Gasteiger partial charge in [-0.25, -0.2) is 4.98 Å². The van der Waals surface area contributed by atoms with Crippen LogP contribution in [-0.4, -0.2) is 40.9 Å². The Labute approximate surface area is 180 Å². The Morgan fingerprint density at radius 3 is 2.12 bits per heavy atom. The number of alkyl halides is 3. The largest absolute Gasteiger partial charge is 0.493 e. The van der Waals surface area contributed by atoms with Gasteiger partial charge in [-0.1, -0.05) is 0 Å². The molecule has 0 unspecified atom stereocenters. The highest BCUT2D eigenvalue weighted by atomic mass is 19.4. The number of methoxy groups -OCH3 is 3. The van der Waals surface area contributed by atoms with Gasteiger partial charge in [-0.3, -0.25) is 0 Å². The first-order valence-electron chi connectivity index (χ1n) is 9.30. The fourth-order valence-corrected chi connectivity index (χ4v) is 3.17. The highest BCUT2D eigenvalue weighted by molar-refractivity contribution is 5.70. The third-order valence-corrected chi connectivity index (χ3v) is 4.67. The lowest BCUT2D eigenvalue weighted by molar-refractivity contribution is -0.137. The summed E-state index contributed by atoms with van der Waals surface area (Å²) in [4.78, 5) is 8.51.